The largest absolute Gasteiger partial charge is 0.411 e. The van der Waals surface area contributed by atoms with Gasteiger partial charge in [0, 0.05) is 33.6 Å². The molecule has 0 radical (unpaired) electrons. The fourth-order valence-corrected chi connectivity index (χ4v) is 0. The van der Waals surface area contributed by atoms with Crippen LogP contribution in [-0.4, -0.2) is 23.3 Å². The van der Waals surface area contributed by atoms with Crippen LogP contribution in [0.3, 0.4) is 0 Å². The Hall–Kier alpha value is 0.733. The molecule has 0 amide bonds. The van der Waals surface area contributed by atoms with Gasteiger partial charge in [0.05, 0.1) is 0 Å². The number of hydrogen-bond acceptors (Lipinski definition) is 2. The molecule has 0 spiro atoms. The number of thiocarbonyl (C=S) groups is 1. The summed E-state index contributed by atoms with van der Waals surface area (Å²) in [6.07, 6.45) is 0. The number of hydrogen-bond donors (Lipinski definition) is 0. The van der Waals surface area contributed by atoms with Crippen molar-refractivity contribution in [1.29, 1.82) is 0 Å². The maximum atomic E-state index is 4.56. The molecule has 0 fully saturated rings. The molecule has 0 aromatic heterocycles. The van der Waals surface area contributed by atoms with Crippen LogP contribution in [0, 0.1) is 0 Å². The number of rotatable bonds is 0. The van der Waals surface area contributed by atoms with Crippen LogP contribution in [0.5, 0.6) is 0 Å². The van der Waals surface area contributed by atoms with Gasteiger partial charge in [-0.05, 0) is 0 Å². The van der Waals surface area contributed by atoms with Crippen molar-refractivity contribution in [3.8, 4) is 0 Å². The van der Waals surface area contributed by atoms with Crippen molar-refractivity contribution >= 4 is 29.2 Å². The summed E-state index contributed by atoms with van der Waals surface area (Å²) in [4.78, 5) is 1.71. The Labute approximate surface area is 67.6 Å². The van der Waals surface area contributed by atoms with Gasteiger partial charge in [0.2, 0.25) is 0 Å². The average Bonchev–Trinajstić information content (AvgIpc) is 1.36. The van der Waals surface area contributed by atoms with Gasteiger partial charge >= 0.3 is 0 Å². The van der Waals surface area contributed by atoms with Crippen molar-refractivity contribution in [2.75, 3.05) is 14.1 Å². The Morgan fingerprint density at radius 3 is 1.71 bits per heavy atom. The van der Waals surface area contributed by atoms with E-state index in [0.717, 1.165) is 0 Å². The van der Waals surface area contributed by atoms with Crippen molar-refractivity contribution in [2.24, 2.45) is 0 Å². The zero-order chi connectivity index (χ0) is 5.15. The monoisotopic (exact) mass is 184 g/mol. The third kappa shape index (κ3) is 6.73. The molecule has 1 nitrogen and oxygen atoms in total. The van der Waals surface area contributed by atoms with E-state index in [1.165, 1.54) is 0 Å². The third-order valence-electron chi connectivity index (χ3n) is 0.365. The minimum atomic E-state index is 0. The molecular weight excluding hydrogens is 180 g/mol. The van der Waals surface area contributed by atoms with Gasteiger partial charge < -0.3 is 29.7 Å². The average molecular weight is 186 g/mol. The molecule has 0 heterocycles. The Kier molecular flexibility index (Phi) is 7.44. The van der Waals surface area contributed by atoms with Gasteiger partial charge in [-0.15, -0.1) is 0 Å². The van der Waals surface area contributed by atoms with Crippen LogP contribution in [0.25, 0.3) is 0 Å². The summed E-state index contributed by atoms with van der Waals surface area (Å²) in [6.45, 7) is 0. The van der Waals surface area contributed by atoms with Crippen molar-refractivity contribution in [1.82, 2.24) is 4.90 Å². The van der Waals surface area contributed by atoms with Crippen LogP contribution >= 0.6 is 12.2 Å². The van der Waals surface area contributed by atoms with E-state index in [0.29, 0.717) is 4.32 Å². The predicted molar refractivity (Wildman–Crippen MR) is 33.6 cm³/mol. The van der Waals surface area contributed by atoms with Crippen LogP contribution < -0.4 is 0 Å². The van der Waals surface area contributed by atoms with Crippen molar-refractivity contribution in [3.63, 3.8) is 0 Å². The van der Waals surface area contributed by atoms with E-state index in [1.807, 2.05) is 14.1 Å². The molecule has 0 N–H and O–H groups in total. The van der Waals surface area contributed by atoms with Gasteiger partial charge in [0.25, 0.3) is 0 Å². The topological polar surface area (TPSA) is 3.24 Å². The van der Waals surface area contributed by atoms with E-state index in [-0.39, 0.29) is 19.5 Å². The maximum absolute atomic E-state index is 4.56. The first-order valence-corrected chi connectivity index (χ1v) is 2.34. The van der Waals surface area contributed by atoms with Crippen LogP contribution in [0.1, 0.15) is 0 Å². The molecule has 0 aliphatic heterocycles. The standard InChI is InChI=1S/C3H7NS2.Zn/c1-4(2)3(5)6;/h1-2H3,(H,5,6);/p-1. The zero-order valence-corrected chi connectivity index (χ0v) is 9.07. The van der Waals surface area contributed by atoms with Crippen LogP contribution in [0.15, 0.2) is 0 Å². The van der Waals surface area contributed by atoms with Gasteiger partial charge in [-0.25, -0.2) is 0 Å². The van der Waals surface area contributed by atoms with E-state index in [2.05, 4.69) is 24.8 Å². The smallest absolute Gasteiger partial charge is 0.00456 e. The molecule has 0 aromatic carbocycles. The van der Waals surface area contributed by atoms with Crippen molar-refractivity contribution < 1.29 is 19.5 Å². The summed E-state index contributed by atoms with van der Waals surface area (Å²) in [5.41, 5.74) is 0. The fraction of sp³-hybridized carbons (Fsp3) is 0.667. The third-order valence-corrected chi connectivity index (χ3v) is 1.10. The van der Waals surface area contributed by atoms with Gasteiger partial charge in [0.15, 0.2) is 0 Å². The van der Waals surface area contributed by atoms with E-state index in [4.69, 9.17) is 0 Å². The second kappa shape index (κ2) is 4.88. The van der Waals surface area contributed by atoms with E-state index < -0.39 is 0 Å². The molecule has 0 saturated heterocycles. The van der Waals surface area contributed by atoms with E-state index in [1.54, 1.807) is 4.90 Å². The van der Waals surface area contributed by atoms with E-state index in [9.17, 15) is 0 Å². The summed E-state index contributed by atoms with van der Waals surface area (Å²) in [7, 11) is 3.66. The quantitative estimate of drug-likeness (QED) is 0.305. The Balaban J connectivity index is 0. The molecule has 38 valence electrons. The number of nitrogens with zero attached hydrogens (tertiary/aromatic N) is 1. The van der Waals surface area contributed by atoms with Crippen LogP contribution in [-0.2, 0) is 32.1 Å². The molecule has 0 atom stereocenters. The minimum Gasteiger partial charge on any atom is -0.411 e. The molecule has 0 unspecified atom stereocenters. The molecule has 4 heteroatoms. The molecule has 0 rings (SSSR count). The summed E-state index contributed by atoms with van der Waals surface area (Å²) < 4.78 is 0.509. The van der Waals surface area contributed by atoms with Gasteiger partial charge in [-0.2, -0.15) is 0 Å². The summed E-state index contributed by atoms with van der Waals surface area (Å²) in [5, 5.41) is 0. The molecule has 0 aliphatic rings. The molecule has 7 heavy (non-hydrogen) atoms. The summed E-state index contributed by atoms with van der Waals surface area (Å²) >= 11 is 9.12. The summed E-state index contributed by atoms with van der Waals surface area (Å²) in [6, 6.07) is 0. The van der Waals surface area contributed by atoms with Gasteiger partial charge in [-0.3, -0.25) is 0 Å². The first kappa shape index (κ1) is 10.7. The zero-order valence-electron chi connectivity index (χ0n) is 4.47. The van der Waals surface area contributed by atoms with Crippen LogP contribution in [0.2, 0.25) is 0 Å². The van der Waals surface area contributed by atoms with Gasteiger partial charge in [0.1, 0.15) is 0 Å². The Morgan fingerprint density at radius 1 is 1.57 bits per heavy atom. The van der Waals surface area contributed by atoms with Crippen LogP contribution in [0.4, 0.5) is 0 Å². The Morgan fingerprint density at radius 2 is 1.71 bits per heavy atom. The molecule has 0 aromatic rings. The second-order valence-electron chi connectivity index (χ2n) is 1.16. The van der Waals surface area contributed by atoms with Crippen molar-refractivity contribution in [3.05, 3.63) is 0 Å². The Bertz CT molecular complexity index is 64.0. The molecule has 0 aliphatic carbocycles. The molecule has 0 saturated carbocycles. The predicted octanol–water partition coefficient (Wildman–Crippen LogP) is 0.377. The van der Waals surface area contributed by atoms with Crippen molar-refractivity contribution in [2.45, 2.75) is 0 Å². The van der Waals surface area contributed by atoms with Gasteiger partial charge in [-0.1, -0.05) is 4.32 Å². The summed E-state index contributed by atoms with van der Waals surface area (Å²) in [5.74, 6) is 0. The normalized spacial score (nSPS) is 6.57. The first-order valence-electron chi connectivity index (χ1n) is 1.53. The fourth-order valence-electron chi connectivity index (χ4n) is 0. The minimum absolute atomic E-state index is 0. The first-order chi connectivity index (χ1) is 2.64. The van der Waals surface area contributed by atoms with E-state index >= 15 is 0 Å². The molecule has 0 bridgehead atoms. The second-order valence-corrected chi connectivity index (χ2v) is 2.19. The SMILES string of the molecule is CN(C)C(=S)[S-].[Zn]. The molecular formula is C3H6NS2Zn-. The maximum Gasteiger partial charge on any atom is 0.00456 e.